The lowest BCUT2D eigenvalue weighted by Gasteiger charge is -2.26. The molecule has 0 aromatic carbocycles. The van der Waals surface area contributed by atoms with Crippen LogP contribution in [0.25, 0.3) is 0 Å². The quantitative estimate of drug-likeness (QED) is 0.479. The van der Waals surface area contributed by atoms with E-state index in [9.17, 15) is 9.59 Å². The van der Waals surface area contributed by atoms with Crippen LogP contribution in [0.5, 0.6) is 0 Å². The van der Waals surface area contributed by atoms with Crippen LogP contribution in [0.4, 0.5) is 4.79 Å². The Morgan fingerprint density at radius 2 is 2.08 bits per heavy atom. The van der Waals surface area contributed by atoms with Crippen LogP contribution in [0.1, 0.15) is 25.7 Å². The number of hydrogen-bond acceptors (Lipinski definition) is 4. The lowest BCUT2D eigenvalue weighted by molar-refractivity contribution is -0.109. The molecule has 1 aliphatic heterocycles. The van der Waals surface area contributed by atoms with Gasteiger partial charge in [0.2, 0.25) is 0 Å². The summed E-state index contributed by atoms with van der Waals surface area (Å²) in [5.41, 5.74) is 0. The van der Waals surface area contributed by atoms with Gasteiger partial charge in [0.1, 0.15) is 18.5 Å². The molecule has 0 radical (unpaired) electrons. The standard InChI is InChI=1S/C9H12O4/c10-4-3-6-1-2-7-8(5-6)13-9(11)12-7/h4,6-8H,1-3,5H2. The second-order valence-electron chi connectivity index (χ2n) is 3.64. The van der Waals surface area contributed by atoms with Gasteiger partial charge in [-0.1, -0.05) is 0 Å². The molecule has 2 aliphatic rings. The zero-order valence-corrected chi connectivity index (χ0v) is 7.27. The molecular weight excluding hydrogens is 172 g/mol. The molecule has 0 spiro atoms. The number of carbonyl (C=O) groups excluding carboxylic acids is 2. The normalized spacial score (nSPS) is 37.5. The van der Waals surface area contributed by atoms with Crippen LogP contribution in [0.15, 0.2) is 0 Å². The third-order valence-corrected chi connectivity index (χ3v) is 2.76. The minimum absolute atomic E-state index is 0.0598. The minimum Gasteiger partial charge on any atom is -0.427 e. The van der Waals surface area contributed by atoms with Crippen molar-refractivity contribution >= 4 is 12.4 Å². The number of carbonyl (C=O) groups is 2. The number of aldehydes is 1. The molecule has 13 heavy (non-hydrogen) atoms. The molecule has 1 aliphatic carbocycles. The number of ether oxygens (including phenoxy) is 2. The third-order valence-electron chi connectivity index (χ3n) is 2.76. The van der Waals surface area contributed by atoms with Gasteiger partial charge in [-0.05, 0) is 25.2 Å². The van der Waals surface area contributed by atoms with Gasteiger partial charge in [-0.15, -0.1) is 0 Å². The summed E-state index contributed by atoms with van der Waals surface area (Å²) in [6.45, 7) is 0. The van der Waals surface area contributed by atoms with E-state index in [2.05, 4.69) is 0 Å². The summed E-state index contributed by atoms with van der Waals surface area (Å²) < 4.78 is 9.91. The van der Waals surface area contributed by atoms with Crippen molar-refractivity contribution in [1.82, 2.24) is 0 Å². The van der Waals surface area contributed by atoms with E-state index >= 15 is 0 Å². The third kappa shape index (κ3) is 1.66. The number of rotatable bonds is 2. The van der Waals surface area contributed by atoms with Gasteiger partial charge in [-0.3, -0.25) is 0 Å². The highest BCUT2D eigenvalue weighted by molar-refractivity contribution is 5.62. The van der Waals surface area contributed by atoms with Crippen molar-refractivity contribution in [3.8, 4) is 0 Å². The molecule has 0 amide bonds. The van der Waals surface area contributed by atoms with E-state index in [0.29, 0.717) is 12.3 Å². The maximum atomic E-state index is 10.8. The number of hydrogen-bond donors (Lipinski definition) is 0. The first-order chi connectivity index (χ1) is 6.29. The lowest BCUT2D eigenvalue weighted by Crippen LogP contribution is -2.31. The highest BCUT2D eigenvalue weighted by Gasteiger charge is 2.41. The van der Waals surface area contributed by atoms with Gasteiger partial charge < -0.3 is 14.3 Å². The van der Waals surface area contributed by atoms with Crippen molar-refractivity contribution in [3.05, 3.63) is 0 Å². The zero-order valence-electron chi connectivity index (χ0n) is 7.27. The molecule has 1 saturated heterocycles. The average molecular weight is 184 g/mol. The van der Waals surface area contributed by atoms with Crippen LogP contribution in [0, 0.1) is 5.92 Å². The van der Waals surface area contributed by atoms with Gasteiger partial charge >= 0.3 is 6.16 Å². The lowest BCUT2D eigenvalue weighted by atomic mass is 9.84. The van der Waals surface area contributed by atoms with Gasteiger partial charge in [-0.25, -0.2) is 4.79 Å². The largest absolute Gasteiger partial charge is 0.509 e. The molecule has 1 saturated carbocycles. The molecule has 0 aromatic rings. The van der Waals surface area contributed by atoms with Crippen molar-refractivity contribution in [1.29, 1.82) is 0 Å². The van der Waals surface area contributed by atoms with E-state index in [1.807, 2.05) is 0 Å². The first-order valence-electron chi connectivity index (χ1n) is 4.60. The van der Waals surface area contributed by atoms with E-state index in [0.717, 1.165) is 25.5 Å². The van der Waals surface area contributed by atoms with E-state index in [1.54, 1.807) is 0 Å². The van der Waals surface area contributed by atoms with Crippen molar-refractivity contribution < 1.29 is 19.1 Å². The molecule has 0 N–H and O–H groups in total. The molecule has 0 aromatic heterocycles. The Hall–Kier alpha value is -1.06. The van der Waals surface area contributed by atoms with Gasteiger partial charge in [0.05, 0.1) is 0 Å². The second kappa shape index (κ2) is 3.36. The summed E-state index contributed by atoms with van der Waals surface area (Å²) in [6, 6.07) is 0. The Morgan fingerprint density at radius 1 is 1.31 bits per heavy atom. The molecule has 3 unspecified atom stereocenters. The molecule has 2 fully saturated rings. The smallest absolute Gasteiger partial charge is 0.427 e. The Balaban J connectivity index is 1.93. The van der Waals surface area contributed by atoms with Gasteiger partial charge in [0.25, 0.3) is 0 Å². The monoisotopic (exact) mass is 184 g/mol. The highest BCUT2D eigenvalue weighted by atomic mass is 16.8. The second-order valence-corrected chi connectivity index (χ2v) is 3.64. The topological polar surface area (TPSA) is 52.6 Å². The Morgan fingerprint density at radius 3 is 2.85 bits per heavy atom. The molecule has 1 heterocycles. The van der Waals surface area contributed by atoms with Crippen LogP contribution in [0.3, 0.4) is 0 Å². The van der Waals surface area contributed by atoms with E-state index in [4.69, 9.17) is 9.47 Å². The summed E-state index contributed by atoms with van der Waals surface area (Å²) in [7, 11) is 0. The zero-order chi connectivity index (χ0) is 9.26. The van der Waals surface area contributed by atoms with Gasteiger partial charge in [0, 0.05) is 6.42 Å². The highest BCUT2D eigenvalue weighted by Crippen LogP contribution is 2.33. The van der Waals surface area contributed by atoms with Crippen molar-refractivity contribution in [2.75, 3.05) is 0 Å². The Kier molecular flexibility index (Phi) is 2.20. The predicted octanol–water partition coefficient (Wildman–Crippen LogP) is 1.28. The maximum Gasteiger partial charge on any atom is 0.509 e. The average Bonchev–Trinajstić information content (AvgIpc) is 2.44. The van der Waals surface area contributed by atoms with Crippen LogP contribution in [0.2, 0.25) is 0 Å². The molecular formula is C9H12O4. The Labute approximate surface area is 76.2 Å². The van der Waals surface area contributed by atoms with Crippen LogP contribution < -0.4 is 0 Å². The molecule has 2 rings (SSSR count). The predicted molar refractivity (Wildman–Crippen MR) is 43.2 cm³/mol. The van der Waals surface area contributed by atoms with Crippen LogP contribution in [-0.2, 0) is 14.3 Å². The molecule has 4 nitrogen and oxygen atoms in total. The number of fused-ring (bicyclic) bond motifs is 1. The maximum absolute atomic E-state index is 10.8. The van der Waals surface area contributed by atoms with Gasteiger partial charge in [0.15, 0.2) is 0 Å². The summed E-state index contributed by atoms with van der Waals surface area (Å²) in [4.78, 5) is 21.1. The first-order valence-corrected chi connectivity index (χ1v) is 4.60. The fourth-order valence-corrected chi connectivity index (χ4v) is 2.07. The van der Waals surface area contributed by atoms with Crippen LogP contribution in [-0.4, -0.2) is 24.6 Å². The molecule has 72 valence electrons. The molecule has 4 heteroatoms. The van der Waals surface area contributed by atoms with Crippen molar-refractivity contribution in [3.63, 3.8) is 0 Å². The van der Waals surface area contributed by atoms with E-state index in [-0.39, 0.29) is 12.2 Å². The fourth-order valence-electron chi connectivity index (χ4n) is 2.07. The first kappa shape index (κ1) is 8.53. The van der Waals surface area contributed by atoms with E-state index in [1.165, 1.54) is 0 Å². The summed E-state index contributed by atoms with van der Waals surface area (Å²) in [5, 5.41) is 0. The summed E-state index contributed by atoms with van der Waals surface area (Å²) in [5.74, 6) is 0.369. The van der Waals surface area contributed by atoms with E-state index < -0.39 is 6.16 Å². The summed E-state index contributed by atoms with van der Waals surface area (Å²) >= 11 is 0. The van der Waals surface area contributed by atoms with Crippen LogP contribution >= 0.6 is 0 Å². The van der Waals surface area contributed by atoms with Crippen molar-refractivity contribution in [2.24, 2.45) is 5.92 Å². The minimum atomic E-state index is -0.554. The SMILES string of the molecule is O=CCC1CCC2OC(=O)OC2C1. The Bertz CT molecular complexity index is 226. The summed E-state index contributed by atoms with van der Waals surface area (Å²) in [6.07, 6.45) is 3.34. The molecule has 3 atom stereocenters. The fraction of sp³-hybridized carbons (Fsp3) is 0.778. The molecule has 0 bridgehead atoms. The van der Waals surface area contributed by atoms with Gasteiger partial charge in [-0.2, -0.15) is 0 Å². The van der Waals surface area contributed by atoms with Crippen molar-refractivity contribution in [2.45, 2.75) is 37.9 Å².